The topological polar surface area (TPSA) is 108 Å². The molecule has 3 amide bonds. The van der Waals surface area contributed by atoms with Crippen LogP contribution in [0.5, 0.6) is 0 Å². The summed E-state index contributed by atoms with van der Waals surface area (Å²) in [6.45, 7) is 1.25. The number of carbonyl (C=O) groups excluding carboxylic acids is 4. The second kappa shape index (κ2) is 8.39. The lowest BCUT2D eigenvalue weighted by Crippen LogP contribution is -2.53. The number of hydrogen-bond acceptors (Lipinski definition) is 6. The molecule has 0 aromatic heterocycles. The molecule has 3 N–H and O–H groups in total. The quantitative estimate of drug-likeness (QED) is 0.365. The first-order valence-corrected chi connectivity index (χ1v) is 8.07. The number of aldehydes is 1. The van der Waals surface area contributed by atoms with Gasteiger partial charge in [-0.2, -0.15) is 0 Å². The summed E-state index contributed by atoms with van der Waals surface area (Å²) in [6.07, 6.45) is 1.06. The minimum absolute atomic E-state index is 0.177. The third-order valence-electron chi connectivity index (χ3n) is 4.13. The SMILES string of the molecule is CNCCNc1cccc(C=O)c1C(=O)N(C)C1CCC(=O)NC1=O. The van der Waals surface area contributed by atoms with Crippen molar-refractivity contribution in [1.29, 1.82) is 0 Å². The predicted molar refractivity (Wildman–Crippen MR) is 92.5 cm³/mol. The molecule has 1 aliphatic heterocycles. The van der Waals surface area contributed by atoms with Crippen LogP contribution in [0.3, 0.4) is 0 Å². The molecule has 0 radical (unpaired) electrons. The van der Waals surface area contributed by atoms with E-state index in [9.17, 15) is 19.2 Å². The van der Waals surface area contributed by atoms with Gasteiger partial charge in [0.15, 0.2) is 6.29 Å². The molecular formula is C17H22N4O4. The molecule has 0 spiro atoms. The Kier molecular flexibility index (Phi) is 6.24. The lowest BCUT2D eigenvalue weighted by Gasteiger charge is -2.30. The molecule has 2 rings (SSSR count). The molecule has 1 heterocycles. The zero-order chi connectivity index (χ0) is 18.4. The Morgan fingerprint density at radius 3 is 2.76 bits per heavy atom. The van der Waals surface area contributed by atoms with E-state index < -0.39 is 17.9 Å². The largest absolute Gasteiger partial charge is 0.383 e. The van der Waals surface area contributed by atoms with E-state index in [1.807, 2.05) is 7.05 Å². The van der Waals surface area contributed by atoms with Crippen molar-refractivity contribution in [1.82, 2.24) is 15.5 Å². The fraction of sp³-hybridized carbons (Fsp3) is 0.412. The first-order valence-electron chi connectivity index (χ1n) is 8.07. The normalized spacial score (nSPS) is 17.0. The average Bonchev–Trinajstić information content (AvgIpc) is 2.60. The van der Waals surface area contributed by atoms with Crippen LogP contribution < -0.4 is 16.0 Å². The maximum Gasteiger partial charge on any atom is 0.257 e. The predicted octanol–water partition coefficient (Wildman–Crippen LogP) is 0.00760. The van der Waals surface area contributed by atoms with Crippen LogP contribution in [0, 0.1) is 0 Å². The fourth-order valence-corrected chi connectivity index (χ4v) is 2.75. The summed E-state index contributed by atoms with van der Waals surface area (Å²) in [7, 11) is 3.31. The molecule has 1 atom stereocenters. The molecule has 8 nitrogen and oxygen atoms in total. The third kappa shape index (κ3) is 4.21. The van der Waals surface area contributed by atoms with Crippen LogP contribution in [-0.4, -0.2) is 62.1 Å². The highest BCUT2D eigenvalue weighted by atomic mass is 16.2. The molecule has 1 aromatic rings. The highest BCUT2D eigenvalue weighted by Crippen LogP contribution is 2.23. The summed E-state index contributed by atoms with van der Waals surface area (Å²) in [4.78, 5) is 48.9. The highest BCUT2D eigenvalue weighted by molar-refractivity contribution is 6.08. The van der Waals surface area contributed by atoms with Gasteiger partial charge in [0.1, 0.15) is 6.04 Å². The zero-order valence-corrected chi connectivity index (χ0v) is 14.3. The lowest BCUT2D eigenvalue weighted by atomic mass is 10.0. The zero-order valence-electron chi connectivity index (χ0n) is 14.3. The van der Waals surface area contributed by atoms with Crippen molar-refractivity contribution in [3.8, 4) is 0 Å². The molecule has 0 saturated carbocycles. The summed E-state index contributed by atoms with van der Waals surface area (Å²) in [5.74, 6) is -1.28. The van der Waals surface area contributed by atoms with Crippen LogP contribution in [0.2, 0.25) is 0 Å². The molecule has 1 unspecified atom stereocenters. The number of piperidine rings is 1. The van der Waals surface area contributed by atoms with Crippen molar-refractivity contribution >= 4 is 29.7 Å². The number of imide groups is 1. The molecule has 1 aromatic carbocycles. The maximum atomic E-state index is 13.0. The van der Waals surface area contributed by atoms with Crippen molar-refractivity contribution in [2.75, 3.05) is 32.5 Å². The Labute approximate surface area is 145 Å². The van der Waals surface area contributed by atoms with Crippen molar-refractivity contribution in [3.05, 3.63) is 29.3 Å². The van der Waals surface area contributed by atoms with Gasteiger partial charge in [-0.3, -0.25) is 24.5 Å². The molecule has 134 valence electrons. The molecule has 0 aliphatic carbocycles. The number of anilines is 1. The number of benzene rings is 1. The fourth-order valence-electron chi connectivity index (χ4n) is 2.75. The van der Waals surface area contributed by atoms with Gasteiger partial charge in [-0.05, 0) is 19.5 Å². The summed E-state index contributed by atoms with van der Waals surface area (Å²) in [5, 5.41) is 8.35. The van der Waals surface area contributed by atoms with E-state index in [-0.39, 0.29) is 29.9 Å². The van der Waals surface area contributed by atoms with Gasteiger partial charge in [-0.25, -0.2) is 0 Å². The van der Waals surface area contributed by atoms with Crippen LogP contribution in [0.1, 0.15) is 33.6 Å². The monoisotopic (exact) mass is 346 g/mol. The van der Waals surface area contributed by atoms with E-state index in [1.54, 1.807) is 18.2 Å². The minimum atomic E-state index is -0.741. The smallest absolute Gasteiger partial charge is 0.257 e. The van der Waals surface area contributed by atoms with Gasteiger partial charge in [-0.15, -0.1) is 0 Å². The second-order valence-electron chi connectivity index (χ2n) is 5.80. The lowest BCUT2D eigenvalue weighted by molar-refractivity contribution is -0.136. The maximum absolute atomic E-state index is 13.0. The Morgan fingerprint density at radius 1 is 1.36 bits per heavy atom. The summed E-state index contributed by atoms with van der Waals surface area (Å²) in [5.41, 5.74) is 1.00. The van der Waals surface area contributed by atoms with Crippen LogP contribution in [0.4, 0.5) is 5.69 Å². The number of carbonyl (C=O) groups is 4. The highest BCUT2D eigenvalue weighted by Gasteiger charge is 2.33. The molecule has 8 heteroatoms. The second-order valence-corrected chi connectivity index (χ2v) is 5.80. The van der Waals surface area contributed by atoms with E-state index in [2.05, 4.69) is 16.0 Å². The van der Waals surface area contributed by atoms with Crippen molar-refractivity contribution in [2.24, 2.45) is 0 Å². The van der Waals surface area contributed by atoms with Gasteiger partial charge in [-0.1, -0.05) is 12.1 Å². The van der Waals surface area contributed by atoms with E-state index in [4.69, 9.17) is 0 Å². The van der Waals surface area contributed by atoms with Gasteiger partial charge in [0.2, 0.25) is 11.8 Å². The molecular weight excluding hydrogens is 324 g/mol. The van der Waals surface area contributed by atoms with E-state index in [1.165, 1.54) is 11.9 Å². The van der Waals surface area contributed by atoms with Crippen LogP contribution in [0.25, 0.3) is 0 Å². The molecule has 1 aliphatic rings. The van der Waals surface area contributed by atoms with Gasteiger partial charge in [0, 0.05) is 37.8 Å². The molecule has 0 bridgehead atoms. The number of amides is 3. The summed E-state index contributed by atoms with van der Waals surface area (Å²) < 4.78 is 0. The third-order valence-corrected chi connectivity index (χ3v) is 4.13. The first kappa shape index (κ1) is 18.6. The Morgan fingerprint density at radius 2 is 2.12 bits per heavy atom. The van der Waals surface area contributed by atoms with Crippen LogP contribution in [-0.2, 0) is 9.59 Å². The Hall–Kier alpha value is -2.74. The first-order chi connectivity index (χ1) is 12.0. The van der Waals surface area contributed by atoms with Gasteiger partial charge < -0.3 is 15.5 Å². The van der Waals surface area contributed by atoms with E-state index >= 15 is 0 Å². The number of hydrogen-bond donors (Lipinski definition) is 3. The van der Waals surface area contributed by atoms with Crippen molar-refractivity contribution < 1.29 is 19.2 Å². The van der Waals surface area contributed by atoms with Gasteiger partial charge >= 0.3 is 0 Å². The van der Waals surface area contributed by atoms with E-state index in [0.29, 0.717) is 25.1 Å². The van der Waals surface area contributed by atoms with E-state index in [0.717, 1.165) is 0 Å². The number of nitrogens with one attached hydrogen (secondary N) is 3. The molecule has 1 fully saturated rings. The Bertz CT molecular complexity index is 689. The van der Waals surface area contributed by atoms with Gasteiger partial charge in [0.05, 0.1) is 5.56 Å². The van der Waals surface area contributed by atoms with Crippen LogP contribution >= 0.6 is 0 Å². The average molecular weight is 346 g/mol. The number of rotatable bonds is 7. The standard InChI is InChI=1S/C17H22N4O4/c1-18-8-9-19-12-5-3-4-11(10-22)15(12)17(25)21(2)13-6-7-14(23)20-16(13)24/h3-5,10,13,18-19H,6-9H2,1-2H3,(H,20,23,24). The van der Waals surface area contributed by atoms with Crippen LogP contribution in [0.15, 0.2) is 18.2 Å². The minimum Gasteiger partial charge on any atom is -0.383 e. The molecule has 25 heavy (non-hydrogen) atoms. The summed E-state index contributed by atoms with van der Waals surface area (Å²) >= 11 is 0. The Balaban J connectivity index is 2.28. The number of nitrogens with zero attached hydrogens (tertiary/aromatic N) is 1. The van der Waals surface area contributed by atoms with Crippen molar-refractivity contribution in [2.45, 2.75) is 18.9 Å². The molecule has 1 saturated heterocycles. The van der Waals surface area contributed by atoms with Gasteiger partial charge in [0.25, 0.3) is 5.91 Å². The van der Waals surface area contributed by atoms with Crippen molar-refractivity contribution in [3.63, 3.8) is 0 Å². The summed E-state index contributed by atoms with van der Waals surface area (Å²) in [6, 6.07) is 4.22. The number of likely N-dealkylation sites (N-methyl/N-ethyl adjacent to an activating group) is 2.